The summed E-state index contributed by atoms with van der Waals surface area (Å²) in [6.07, 6.45) is 0.762. The van der Waals surface area contributed by atoms with E-state index in [0.29, 0.717) is 5.89 Å². The molecule has 84 valence electrons. The van der Waals surface area contributed by atoms with Crippen LogP contribution in [0.15, 0.2) is 22.6 Å². The Morgan fingerprint density at radius 1 is 1.56 bits per heavy atom. The second-order valence-electron chi connectivity index (χ2n) is 3.33. The normalized spacial score (nSPS) is 10.6. The summed E-state index contributed by atoms with van der Waals surface area (Å²) in [6, 6.07) is 5.41. The van der Waals surface area contributed by atoms with Crippen molar-refractivity contribution >= 4 is 38.6 Å². The second-order valence-corrected chi connectivity index (χ2v) is 3.89. The summed E-state index contributed by atoms with van der Waals surface area (Å²) in [5.41, 5.74) is 2.24. The molecule has 0 fully saturated rings. The fraction of sp³-hybridized carbons (Fsp3) is 0.273. The number of rotatable bonds is 3. The van der Waals surface area contributed by atoms with E-state index in [1.165, 1.54) is 0 Å². The van der Waals surface area contributed by atoms with Gasteiger partial charge in [0.1, 0.15) is 5.52 Å². The third-order valence-electron chi connectivity index (χ3n) is 2.14. The molecule has 0 radical (unpaired) electrons. The van der Waals surface area contributed by atoms with Crippen LogP contribution in [0, 0.1) is 0 Å². The number of hydrogen-bond donors (Lipinski definition) is 1. The first-order valence-corrected chi connectivity index (χ1v) is 6.10. The molecule has 2 aromatic rings. The number of aryl methyl sites for hydroxylation is 1. The molecule has 0 saturated heterocycles. The number of anilines is 1. The van der Waals surface area contributed by atoms with Gasteiger partial charge in [0, 0.05) is 12.1 Å². The fourth-order valence-electron chi connectivity index (χ4n) is 1.40. The molecule has 1 N–H and O–H groups in total. The molecule has 0 atom stereocenters. The Hall–Kier alpha value is -1.36. The summed E-state index contributed by atoms with van der Waals surface area (Å²) < 4.78 is 5.47. The Bertz CT molecular complexity index is 522. The zero-order valence-electron chi connectivity index (χ0n) is 8.79. The number of alkyl halides is 1. The lowest BCUT2D eigenvalue weighted by molar-refractivity contribution is -0.113. The van der Waals surface area contributed by atoms with Crippen molar-refractivity contribution in [1.82, 2.24) is 4.98 Å². The van der Waals surface area contributed by atoms with Crippen molar-refractivity contribution in [3.8, 4) is 0 Å². The Morgan fingerprint density at radius 2 is 2.38 bits per heavy atom. The van der Waals surface area contributed by atoms with Gasteiger partial charge in [0.2, 0.25) is 5.91 Å². The first-order chi connectivity index (χ1) is 7.72. The minimum atomic E-state index is -0.0847. The van der Waals surface area contributed by atoms with Crippen LogP contribution in [0.4, 0.5) is 5.69 Å². The van der Waals surface area contributed by atoms with Gasteiger partial charge < -0.3 is 9.73 Å². The van der Waals surface area contributed by atoms with Gasteiger partial charge in [0.25, 0.3) is 0 Å². The predicted octanol–water partition coefficient (Wildman–Crippen LogP) is 2.72. The van der Waals surface area contributed by atoms with E-state index in [1.807, 2.05) is 13.0 Å². The molecule has 0 aliphatic rings. The van der Waals surface area contributed by atoms with E-state index < -0.39 is 0 Å². The van der Waals surface area contributed by atoms with Crippen molar-refractivity contribution in [3.63, 3.8) is 0 Å². The fourth-order valence-corrected chi connectivity index (χ4v) is 1.54. The van der Waals surface area contributed by atoms with Gasteiger partial charge in [-0.1, -0.05) is 22.9 Å². The quantitative estimate of drug-likeness (QED) is 0.881. The van der Waals surface area contributed by atoms with Crippen LogP contribution >= 0.6 is 15.9 Å². The highest BCUT2D eigenvalue weighted by Crippen LogP contribution is 2.20. The molecule has 0 spiro atoms. The Kier molecular flexibility index (Phi) is 3.24. The minimum Gasteiger partial charge on any atom is -0.441 e. The van der Waals surface area contributed by atoms with Crippen molar-refractivity contribution in [2.24, 2.45) is 0 Å². The number of amides is 1. The highest BCUT2D eigenvalue weighted by molar-refractivity contribution is 9.09. The summed E-state index contributed by atoms with van der Waals surface area (Å²) in [5, 5.41) is 3.03. The molecule has 1 heterocycles. The maximum Gasteiger partial charge on any atom is 0.235 e. The van der Waals surface area contributed by atoms with E-state index in [4.69, 9.17) is 4.42 Å². The van der Waals surface area contributed by atoms with E-state index >= 15 is 0 Å². The zero-order valence-corrected chi connectivity index (χ0v) is 10.4. The molecule has 4 nitrogen and oxygen atoms in total. The average Bonchev–Trinajstić information content (AvgIpc) is 2.71. The van der Waals surface area contributed by atoms with Crippen molar-refractivity contribution in [2.75, 3.05) is 10.6 Å². The van der Waals surface area contributed by atoms with E-state index in [9.17, 15) is 4.79 Å². The summed E-state index contributed by atoms with van der Waals surface area (Å²) in [7, 11) is 0. The van der Waals surface area contributed by atoms with Crippen LogP contribution in [0.25, 0.3) is 11.1 Å². The summed E-state index contributed by atoms with van der Waals surface area (Å²) in [6.45, 7) is 1.98. The zero-order chi connectivity index (χ0) is 11.5. The number of carbonyl (C=O) groups excluding carboxylic acids is 1. The summed E-state index contributed by atoms with van der Waals surface area (Å²) >= 11 is 3.09. The smallest absolute Gasteiger partial charge is 0.235 e. The molecular weight excluding hydrogens is 272 g/mol. The molecule has 16 heavy (non-hydrogen) atoms. The maximum absolute atomic E-state index is 11.2. The molecule has 5 heteroatoms. The molecule has 1 aromatic heterocycles. The number of carbonyl (C=O) groups is 1. The lowest BCUT2D eigenvalue weighted by Crippen LogP contribution is -2.11. The molecule has 0 saturated carbocycles. The van der Waals surface area contributed by atoms with Crippen molar-refractivity contribution < 1.29 is 9.21 Å². The topological polar surface area (TPSA) is 55.1 Å². The number of benzene rings is 1. The average molecular weight is 283 g/mol. The highest BCUT2D eigenvalue weighted by atomic mass is 79.9. The van der Waals surface area contributed by atoms with Gasteiger partial charge in [-0.15, -0.1) is 0 Å². The molecule has 1 amide bonds. The minimum absolute atomic E-state index is 0.0847. The lowest BCUT2D eigenvalue weighted by Gasteiger charge is -2.01. The van der Waals surface area contributed by atoms with Crippen LogP contribution in [0.5, 0.6) is 0 Å². The van der Waals surface area contributed by atoms with Gasteiger partial charge in [-0.25, -0.2) is 4.98 Å². The molecule has 0 unspecified atom stereocenters. The first-order valence-electron chi connectivity index (χ1n) is 4.98. The Morgan fingerprint density at radius 3 is 3.06 bits per heavy atom. The molecule has 0 aliphatic heterocycles. The highest BCUT2D eigenvalue weighted by Gasteiger charge is 2.06. The third kappa shape index (κ3) is 2.24. The summed E-state index contributed by atoms with van der Waals surface area (Å²) in [5.74, 6) is 0.623. The third-order valence-corrected chi connectivity index (χ3v) is 2.65. The Labute approximate surface area is 101 Å². The number of halogens is 1. The van der Waals surface area contributed by atoms with Crippen LogP contribution in [0.3, 0.4) is 0 Å². The number of nitrogens with zero attached hydrogens (tertiary/aromatic N) is 1. The van der Waals surface area contributed by atoms with Gasteiger partial charge >= 0.3 is 0 Å². The number of hydrogen-bond acceptors (Lipinski definition) is 3. The molecule has 2 rings (SSSR count). The van der Waals surface area contributed by atoms with E-state index in [2.05, 4.69) is 26.2 Å². The number of nitrogens with one attached hydrogen (secondary N) is 1. The van der Waals surface area contributed by atoms with Gasteiger partial charge in [0.05, 0.1) is 5.33 Å². The van der Waals surface area contributed by atoms with Crippen LogP contribution < -0.4 is 5.32 Å². The predicted molar refractivity (Wildman–Crippen MR) is 65.8 cm³/mol. The van der Waals surface area contributed by atoms with Gasteiger partial charge in [-0.2, -0.15) is 0 Å². The van der Waals surface area contributed by atoms with Gasteiger partial charge in [-0.3, -0.25) is 4.79 Å². The maximum atomic E-state index is 11.2. The van der Waals surface area contributed by atoms with Gasteiger partial charge in [0.15, 0.2) is 11.5 Å². The number of fused-ring (bicyclic) bond motifs is 1. The SMILES string of the molecule is CCc1nc2cc(NC(=O)CBr)ccc2o1. The van der Waals surface area contributed by atoms with Crippen molar-refractivity contribution in [2.45, 2.75) is 13.3 Å². The molecule has 1 aromatic carbocycles. The number of aromatic nitrogens is 1. The first kappa shape index (κ1) is 11.1. The van der Waals surface area contributed by atoms with Crippen LogP contribution in [0.2, 0.25) is 0 Å². The van der Waals surface area contributed by atoms with Crippen LogP contribution in [0.1, 0.15) is 12.8 Å². The van der Waals surface area contributed by atoms with Gasteiger partial charge in [-0.05, 0) is 18.2 Å². The van der Waals surface area contributed by atoms with E-state index in [1.54, 1.807) is 12.1 Å². The van der Waals surface area contributed by atoms with E-state index in [-0.39, 0.29) is 11.2 Å². The largest absolute Gasteiger partial charge is 0.441 e. The lowest BCUT2D eigenvalue weighted by atomic mass is 10.3. The summed E-state index contributed by atoms with van der Waals surface area (Å²) in [4.78, 5) is 15.5. The second kappa shape index (κ2) is 4.65. The monoisotopic (exact) mass is 282 g/mol. The standard InChI is InChI=1S/C11H11BrN2O2/c1-2-11-14-8-5-7(13-10(15)6-12)3-4-9(8)16-11/h3-5H,2,6H2,1H3,(H,13,15). The number of oxazole rings is 1. The van der Waals surface area contributed by atoms with E-state index in [0.717, 1.165) is 23.2 Å². The van der Waals surface area contributed by atoms with Crippen molar-refractivity contribution in [1.29, 1.82) is 0 Å². The Balaban J connectivity index is 2.32. The molecule has 0 bridgehead atoms. The molecule has 0 aliphatic carbocycles. The molecular formula is C11H11BrN2O2. The van der Waals surface area contributed by atoms with Crippen molar-refractivity contribution in [3.05, 3.63) is 24.1 Å². The van der Waals surface area contributed by atoms with Crippen LogP contribution in [-0.2, 0) is 11.2 Å². The van der Waals surface area contributed by atoms with Crippen LogP contribution in [-0.4, -0.2) is 16.2 Å².